The van der Waals surface area contributed by atoms with E-state index < -0.39 is 0 Å². The molecule has 1 aromatic carbocycles. The number of aryl methyl sites for hydroxylation is 1. The van der Waals surface area contributed by atoms with Gasteiger partial charge in [0.1, 0.15) is 10.7 Å². The highest BCUT2D eigenvalue weighted by atomic mass is 32.1. The lowest BCUT2D eigenvalue weighted by Crippen LogP contribution is -2.33. The van der Waals surface area contributed by atoms with Gasteiger partial charge in [-0.25, -0.2) is 4.98 Å². The summed E-state index contributed by atoms with van der Waals surface area (Å²) in [4.78, 5) is 19.3. The minimum absolute atomic E-state index is 0.0580. The Kier molecular flexibility index (Phi) is 3.70. The van der Waals surface area contributed by atoms with E-state index in [9.17, 15) is 4.79 Å². The van der Waals surface area contributed by atoms with Crippen LogP contribution in [0.5, 0.6) is 0 Å². The zero-order valence-electron chi connectivity index (χ0n) is 13.2. The molecule has 1 amide bonds. The van der Waals surface area contributed by atoms with Crippen molar-refractivity contribution in [2.75, 3.05) is 13.1 Å². The Balaban J connectivity index is 1.53. The minimum atomic E-state index is 0.0580. The van der Waals surface area contributed by atoms with Crippen molar-refractivity contribution in [3.8, 4) is 10.6 Å². The standard InChI is InChI=1S/C18H21N3OS/c1-11-4-2-3-5-13(11)17-20-16(10-23-17)18(22)21-8-12-6-7-15(19)14(12)9-21/h2-5,10,12,14-15H,6-9,19H2,1H3. The topological polar surface area (TPSA) is 59.2 Å². The van der Waals surface area contributed by atoms with Crippen molar-refractivity contribution in [1.82, 2.24) is 9.88 Å². The van der Waals surface area contributed by atoms with Crippen LogP contribution < -0.4 is 5.73 Å². The van der Waals surface area contributed by atoms with Gasteiger partial charge >= 0.3 is 0 Å². The molecule has 23 heavy (non-hydrogen) atoms. The Labute approximate surface area is 140 Å². The maximum absolute atomic E-state index is 12.7. The van der Waals surface area contributed by atoms with Gasteiger partial charge in [0.2, 0.25) is 0 Å². The first-order valence-electron chi connectivity index (χ1n) is 8.20. The number of hydrogen-bond acceptors (Lipinski definition) is 4. The predicted molar refractivity (Wildman–Crippen MR) is 92.4 cm³/mol. The molecule has 120 valence electrons. The van der Waals surface area contributed by atoms with Gasteiger partial charge in [0.15, 0.2) is 0 Å². The summed E-state index contributed by atoms with van der Waals surface area (Å²) in [6.45, 7) is 3.71. The fraction of sp³-hybridized carbons (Fsp3) is 0.444. The molecule has 1 saturated heterocycles. The van der Waals surface area contributed by atoms with Crippen LogP contribution in [0.4, 0.5) is 0 Å². The smallest absolute Gasteiger partial charge is 0.273 e. The molecule has 3 atom stereocenters. The van der Waals surface area contributed by atoms with Gasteiger partial charge in [0.05, 0.1) is 0 Å². The molecule has 4 rings (SSSR count). The summed E-state index contributed by atoms with van der Waals surface area (Å²) >= 11 is 1.54. The van der Waals surface area contributed by atoms with E-state index in [-0.39, 0.29) is 11.9 Å². The Morgan fingerprint density at radius 1 is 1.30 bits per heavy atom. The van der Waals surface area contributed by atoms with Crippen LogP contribution in [0.25, 0.3) is 10.6 Å². The van der Waals surface area contributed by atoms with Gasteiger partial charge in [0, 0.05) is 30.1 Å². The van der Waals surface area contributed by atoms with Crippen LogP contribution >= 0.6 is 11.3 Å². The van der Waals surface area contributed by atoms with Crippen LogP contribution in [0.15, 0.2) is 29.6 Å². The van der Waals surface area contributed by atoms with E-state index >= 15 is 0 Å². The van der Waals surface area contributed by atoms with Gasteiger partial charge in [-0.05, 0) is 37.2 Å². The Bertz CT molecular complexity index is 741. The van der Waals surface area contributed by atoms with Gasteiger partial charge in [-0.1, -0.05) is 24.3 Å². The maximum Gasteiger partial charge on any atom is 0.273 e. The summed E-state index contributed by atoms with van der Waals surface area (Å²) in [6.07, 6.45) is 2.26. The van der Waals surface area contributed by atoms with E-state index in [0.717, 1.165) is 36.5 Å². The molecule has 2 fully saturated rings. The molecule has 3 unspecified atom stereocenters. The fourth-order valence-electron chi connectivity index (χ4n) is 3.94. The molecule has 1 saturated carbocycles. The summed E-state index contributed by atoms with van der Waals surface area (Å²) < 4.78 is 0. The molecule has 1 aromatic heterocycles. The zero-order valence-corrected chi connectivity index (χ0v) is 14.1. The number of thiazole rings is 1. The summed E-state index contributed by atoms with van der Waals surface area (Å²) in [7, 11) is 0. The summed E-state index contributed by atoms with van der Waals surface area (Å²) in [5, 5.41) is 2.81. The van der Waals surface area contributed by atoms with E-state index in [1.165, 1.54) is 5.56 Å². The molecule has 0 bridgehead atoms. The second-order valence-corrected chi connectivity index (χ2v) is 7.59. The molecule has 5 heteroatoms. The van der Waals surface area contributed by atoms with Crippen molar-refractivity contribution in [2.24, 2.45) is 17.6 Å². The van der Waals surface area contributed by atoms with E-state index in [4.69, 9.17) is 5.73 Å². The lowest BCUT2D eigenvalue weighted by Gasteiger charge is -2.17. The molecule has 2 aliphatic rings. The number of aromatic nitrogens is 1. The third-order valence-corrected chi connectivity index (χ3v) is 6.17. The van der Waals surface area contributed by atoms with Crippen LogP contribution in [0.3, 0.4) is 0 Å². The van der Waals surface area contributed by atoms with Crippen LogP contribution in [0, 0.1) is 18.8 Å². The van der Waals surface area contributed by atoms with Crippen molar-refractivity contribution in [3.05, 3.63) is 40.9 Å². The number of carbonyl (C=O) groups excluding carboxylic acids is 1. The highest BCUT2D eigenvalue weighted by molar-refractivity contribution is 7.13. The highest BCUT2D eigenvalue weighted by Crippen LogP contribution is 2.38. The first-order chi connectivity index (χ1) is 11.1. The molecule has 2 aromatic rings. The number of fused-ring (bicyclic) bond motifs is 1. The molecular weight excluding hydrogens is 306 g/mol. The Morgan fingerprint density at radius 3 is 2.91 bits per heavy atom. The number of hydrogen-bond donors (Lipinski definition) is 1. The second kappa shape index (κ2) is 5.73. The number of carbonyl (C=O) groups is 1. The largest absolute Gasteiger partial charge is 0.337 e. The number of benzene rings is 1. The maximum atomic E-state index is 12.7. The molecule has 2 N–H and O–H groups in total. The minimum Gasteiger partial charge on any atom is -0.337 e. The molecule has 0 radical (unpaired) electrons. The van der Waals surface area contributed by atoms with Gasteiger partial charge < -0.3 is 10.6 Å². The third-order valence-electron chi connectivity index (χ3n) is 5.30. The first kappa shape index (κ1) is 14.8. The van der Waals surface area contributed by atoms with E-state index in [1.54, 1.807) is 11.3 Å². The Hall–Kier alpha value is -1.72. The first-order valence-corrected chi connectivity index (χ1v) is 9.08. The molecule has 1 aliphatic heterocycles. The average Bonchev–Trinajstić information content (AvgIpc) is 3.25. The van der Waals surface area contributed by atoms with Gasteiger partial charge in [-0.15, -0.1) is 11.3 Å². The zero-order chi connectivity index (χ0) is 16.0. The van der Waals surface area contributed by atoms with Crippen LogP contribution in [-0.4, -0.2) is 34.9 Å². The number of nitrogens with zero attached hydrogens (tertiary/aromatic N) is 2. The third kappa shape index (κ3) is 2.58. The van der Waals surface area contributed by atoms with Crippen molar-refractivity contribution in [2.45, 2.75) is 25.8 Å². The van der Waals surface area contributed by atoms with Gasteiger partial charge in [-0.2, -0.15) is 0 Å². The molecule has 2 heterocycles. The van der Waals surface area contributed by atoms with Gasteiger partial charge in [0.25, 0.3) is 5.91 Å². The lowest BCUT2D eigenvalue weighted by atomic mass is 9.98. The van der Waals surface area contributed by atoms with Crippen LogP contribution in [0.2, 0.25) is 0 Å². The number of likely N-dealkylation sites (tertiary alicyclic amines) is 1. The summed E-state index contributed by atoms with van der Waals surface area (Å²) in [6, 6.07) is 8.41. The number of nitrogens with two attached hydrogens (primary N) is 1. The summed E-state index contributed by atoms with van der Waals surface area (Å²) in [5.41, 5.74) is 9.03. The van der Waals surface area contributed by atoms with Crippen molar-refractivity contribution in [1.29, 1.82) is 0 Å². The van der Waals surface area contributed by atoms with Crippen LogP contribution in [-0.2, 0) is 0 Å². The molecule has 0 spiro atoms. The quantitative estimate of drug-likeness (QED) is 0.922. The summed E-state index contributed by atoms with van der Waals surface area (Å²) in [5.74, 6) is 1.12. The van der Waals surface area contributed by atoms with E-state index in [0.29, 0.717) is 17.5 Å². The highest BCUT2D eigenvalue weighted by Gasteiger charge is 2.42. The average molecular weight is 327 g/mol. The molecule has 1 aliphatic carbocycles. The monoisotopic (exact) mass is 327 g/mol. The molecule has 4 nitrogen and oxygen atoms in total. The lowest BCUT2D eigenvalue weighted by molar-refractivity contribution is 0.0774. The predicted octanol–water partition coefficient (Wildman–Crippen LogP) is 2.93. The number of amides is 1. The van der Waals surface area contributed by atoms with E-state index in [2.05, 4.69) is 24.0 Å². The fourth-order valence-corrected chi connectivity index (χ4v) is 4.83. The second-order valence-electron chi connectivity index (χ2n) is 6.73. The van der Waals surface area contributed by atoms with Crippen molar-refractivity contribution < 1.29 is 4.79 Å². The van der Waals surface area contributed by atoms with Crippen molar-refractivity contribution >= 4 is 17.2 Å². The SMILES string of the molecule is Cc1ccccc1-c1nc(C(=O)N2CC3CCC(N)C3C2)cs1. The van der Waals surface area contributed by atoms with Gasteiger partial charge in [-0.3, -0.25) is 4.79 Å². The normalized spacial score (nSPS) is 26.5. The van der Waals surface area contributed by atoms with Crippen molar-refractivity contribution in [3.63, 3.8) is 0 Å². The Morgan fingerprint density at radius 2 is 2.13 bits per heavy atom. The molecular formula is C18H21N3OS. The van der Waals surface area contributed by atoms with E-state index in [1.807, 2.05) is 22.4 Å². The van der Waals surface area contributed by atoms with Crippen LogP contribution in [0.1, 0.15) is 28.9 Å². The number of rotatable bonds is 2.